The monoisotopic (exact) mass is 321 g/mol. The SMILES string of the molecule is CC(C)(C)C1CCC(N)C(OC(C(F)(F)F)C(F)(F)F)C1. The Hall–Kier alpha value is -0.500. The number of rotatable bonds is 2. The van der Waals surface area contributed by atoms with E-state index in [1.807, 2.05) is 20.8 Å². The molecular weight excluding hydrogens is 300 g/mol. The molecule has 2 N–H and O–H groups in total. The van der Waals surface area contributed by atoms with E-state index in [0.29, 0.717) is 12.8 Å². The summed E-state index contributed by atoms with van der Waals surface area (Å²) in [6.45, 7) is 5.70. The lowest BCUT2D eigenvalue weighted by atomic mass is 9.70. The Labute approximate surface area is 120 Å². The van der Waals surface area contributed by atoms with Gasteiger partial charge in [-0.25, -0.2) is 0 Å². The maximum absolute atomic E-state index is 12.5. The van der Waals surface area contributed by atoms with Crippen LogP contribution in [0.4, 0.5) is 26.3 Å². The van der Waals surface area contributed by atoms with Gasteiger partial charge in [-0.05, 0) is 30.6 Å². The van der Waals surface area contributed by atoms with Crippen LogP contribution in [0.25, 0.3) is 0 Å². The molecule has 3 atom stereocenters. The molecule has 1 aliphatic rings. The van der Waals surface area contributed by atoms with Gasteiger partial charge in [0.15, 0.2) is 0 Å². The number of alkyl halides is 6. The Morgan fingerprint density at radius 3 is 1.81 bits per heavy atom. The van der Waals surface area contributed by atoms with E-state index in [4.69, 9.17) is 5.73 Å². The molecule has 0 aliphatic heterocycles. The number of halogens is 6. The van der Waals surface area contributed by atoms with Crippen molar-refractivity contribution in [3.8, 4) is 0 Å². The molecule has 0 aromatic heterocycles. The molecule has 0 heterocycles. The lowest BCUT2D eigenvalue weighted by molar-refractivity contribution is -0.334. The lowest BCUT2D eigenvalue weighted by Crippen LogP contribution is -2.52. The average Bonchev–Trinajstić information content (AvgIpc) is 2.22. The third-order valence-corrected chi connectivity index (χ3v) is 3.97. The molecule has 0 aromatic rings. The molecule has 1 saturated carbocycles. The molecule has 0 radical (unpaired) electrons. The lowest BCUT2D eigenvalue weighted by Gasteiger charge is -2.41. The molecular formula is C13H21F6NO. The maximum atomic E-state index is 12.5. The predicted octanol–water partition coefficient (Wildman–Crippen LogP) is 4.04. The third kappa shape index (κ3) is 5.02. The van der Waals surface area contributed by atoms with Crippen LogP contribution >= 0.6 is 0 Å². The minimum atomic E-state index is -5.49. The van der Waals surface area contributed by atoms with Crippen molar-refractivity contribution >= 4 is 0 Å². The molecule has 3 unspecified atom stereocenters. The van der Waals surface area contributed by atoms with Gasteiger partial charge < -0.3 is 10.5 Å². The summed E-state index contributed by atoms with van der Waals surface area (Å²) in [7, 11) is 0. The van der Waals surface area contributed by atoms with E-state index in [2.05, 4.69) is 4.74 Å². The fraction of sp³-hybridized carbons (Fsp3) is 1.00. The van der Waals surface area contributed by atoms with Crippen molar-refractivity contribution in [1.29, 1.82) is 0 Å². The second-order valence-corrected chi connectivity index (χ2v) is 6.68. The topological polar surface area (TPSA) is 35.2 Å². The fourth-order valence-electron chi connectivity index (χ4n) is 2.61. The highest BCUT2D eigenvalue weighted by molar-refractivity contribution is 4.90. The molecule has 0 bridgehead atoms. The second-order valence-electron chi connectivity index (χ2n) is 6.68. The summed E-state index contributed by atoms with van der Waals surface area (Å²) in [6.07, 6.45) is -14.9. The molecule has 21 heavy (non-hydrogen) atoms. The highest BCUT2D eigenvalue weighted by Crippen LogP contribution is 2.42. The summed E-state index contributed by atoms with van der Waals surface area (Å²) in [6, 6.07) is -0.809. The molecule has 0 aromatic carbocycles. The highest BCUT2D eigenvalue weighted by Gasteiger charge is 2.59. The Morgan fingerprint density at radius 1 is 0.952 bits per heavy atom. The van der Waals surface area contributed by atoms with E-state index in [-0.39, 0.29) is 17.8 Å². The Balaban J connectivity index is 2.87. The van der Waals surface area contributed by atoms with Gasteiger partial charge in [-0.3, -0.25) is 0 Å². The van der Waals surface area contributed by atoms with Crippen molar-refractivity contribution in [2.75, 3.05) is 0 Å². The van der Waals surface area contributed by atoms with Crippen molar-refractivity contribution in [3.05, 3.63) is 0 Å². The first-order valence-corrected chi connectivity index (χ1v) is 6.77. The van der Waals surface area contributed by atoms with Crippen LogP contribution in [-0.4, -0.2) is 30.6 Å². The standard InChI is InChI=1S/C13H21F6NO/c1-11(2,3)7-4-5-8(20)9(6-7)21-10(12(14,15)16)13(17,18)19/h7-10H,4-6,20H2,1-3H3. The Morgan fingerprint density at radius 2 is 1.43 bits per heavy atom. The van der Waals surface area contributed by atoms with Gasteiger partial charge in [0, 0.05) is 6.04 Å². The van der Waals surface area contributed by atoms with Gasteiger partial charge in [0.2, 0.25) is 6.10 Å². The van der Waals surface area contributed by atoms with Gasteiger partial charge >= 0.3 is 12.4 Å². The summed E-state index contributed by atoms with van der Waals surface area (Å²) in [5, 5.41) is 0. The zero-order valence-electron chi connectivity index (χ0n) is 12.2. The predicted molar refractivity (Wildman–Crippen MR) is 65.5 cm³/mol. The minimum Gasteiger partial charge on any atom is -0.356 e. The van der Waals surface area contributed by atoms with Crippen LogP contribution in [0.1, 0.15) is 40.0 Å². The average molecular weight is 321 g/mol. The van der Waals surface area contributed by atoms with Crippen molar-refractivity contribution < 1.29 is 31.1 Å². The molecule has 126 valence electrons. The quantitative estimate of drug-likeness (QED) is 0.779. The fourth-order valence-corrected chi connectivity index (χ4v) is 2.61. The summed E-state index contributed by atoms with van der Waals surface area (Å²) in [5.74, 6) is -0.0237. The Kier molecular flexibility index (Phi) is 5.25. The molecule has 1 rings (SSSR count). The van der Waals surface area contributed by atoms with E-state index in [1.54, 1.807) is 0 Å². The van der Waals surface area contributed by atoms with Crippen molar-refractivity contribution in [3.63, 3.8) is 0 Å². The van der Waals surface area contributed by atoms with E-state index >= 15 is 0 Å². The van der Waals surface area contributed by atoms with Crippen LogP contribution in [0.15, 0.2) is 0 Å². The van der Waals surface area contributed by atoms with Crippen molar-refractivity contribution in [1.82, 2.24) is 0 Å². The smallest absolute Gasteiger partial charge is 0.356 e. The summed E-state index contributed by atoms with van der Waals surface area (Å²) in [4.78, 5) is 0. The van der Waals surface area contributed by atoms with E-state index < -0.39 is 30.6 Å². The van der Waals surface area contributed by atoms with E-state index in [1.165, 1.54) is 0 Å². The van der Waals surface area contributed by atoms with Crippen LogP contribution in [0, 0.1) is 11.3 Å². The van der Waals surface area contributed by atoms with Crippen LogP contribution in [-0.2, 0) is 4.74 Å². The van der Waals surface area contributed by atoms with Gasteiger partial charge in [-0.15, -0.1) is 0 Å². The van der Waals surface area contributed by atoms with Gasteiger partial charge in [-0.2, -0.15) is 26.3 Å². The third-order valence-electron chi connectivity index (χ3n) is 3.97. The zero-order valence-corrected chi connectivity index (χ0v) is 12.2. The van der Waals surface area contributed by atoms with Crippen LogP contribution in [0.3, 0.4) is 0 Å². The first kappa shape index (κ1) is 18.5. The van der Waals surface area contributed by atoms with Crippen LogP contribution in [0.2, 0.25) is 0 Å². The number of ether oxygens (including phenoxy) is 1. The van der Waals surface area contributed by atoms with Gasteiger partial charge in [-0.1, -0.05) is 20.8 Å². The van der Waals surface area contributed by atoms with E-state index in [0.717, 1.165) is 0 Å². The van der Waals surface area contributed by atoms with Crippen LogP contribution < -0.4 is 5.73 Å². The normalized spacial score (nSPS) is 29.0. The largest absolute Gasteiger partial charge is 0.423 e. The first-order valence-electron chi connectivity index (χ1n) is 6.77. The first-order chi connectivity index (χ1) is 9.23. The van der Waals surface area contributed by atoms with Crippen molar-refractivity contribution in [2.24, 2.45) is 17.1 Å². The molecule has 8 heteroatoms. The highest BCUT2D eigenvalue weighted by atomic mass is 19.4. The number of nitrogens with two attached hydrogens (primary N) is 1. The molecule has 1 aliphatic carbocycles. The molecule has 0 saturated heterocycles. The summed E-state index contributed by atoms with van der Waals surface area (Å²) >= 11 is 0. The molecule has 0 spiro atoms. The van der Waals surface area contributed by atoms with Gasteiger partial charge in [0.1, 0.15) is 0 Å². The number of hydrogen-bond acceptors (Lipinski definition) is 2. The second kappa shape index (κ2) is 5.95. The van der Waals surface area contributed by atoms with Crippen LogP contribution in [0.5, 0.6) is 0 Å². The van der Waals surface area contributed by atoms with Gasteiger partial charge in [0.25, 0.3) is 0 Å². The minimum absolute atomic E-state index is 0.0237. The summed E-state index contributed by atoms with van der Waals surface area (Å²) < 4.78 is 79.6. The molecule has 1 fully saturated rings. The van der Waals surface area contributed by atoms with Gasteiger partial charge in [0.05, 0.1) is 6.10 Å². The maximum Gasteiger partial charge on any atom is 0.423 e. The number of hydrogen-bond donors (Lipinski definition) is 1. The zero-order chi connectivity index (χ0) is 16.6. The molecule has 2 nitrogen and oxygen atoms in total. The Bertz CT molecular complexity index is 332. The van der Waals surface area contributed by atoms with E-state index in [9.17, 15) is 26.3 Å². The molecule has 0 amide bonds. The van der Waals surface area contributed by atoms with Crippen molar-refractivity contribution in [2.45, 2.75) is 70.6 Å². The summed E-state index contributed by atoms with van der Waals surface area (Å²) in [5.41, 5.74) is 5.45.